The summed E-state index contributed by atoms with van der Waals surface area (Å²) in [6.07, 6.45) is 6.34. The number of carbonyl (C=O) groups is 1. The average Bonchev–Trinajstić information content (AvgIpc) is 2.84. The monoisotopic (exact) mass is 332 g/mol. The Morgan fingerprint density at radius 2 is 2.00 bits per heavy atom. The first-order chi connectivity index (χ1) is 11.5. The van der Waals surface area contributed by atoms with Gasteiger partial charge in [-0.05, 0) is 68.6 Å². The van der Waals surface area contributed by atoms with Crippen LogP contribution in [0.1, 0.15) is 56.4 Å². The van der Waals surface area contributed by atoms with E-state index in [0.29, 0.717) is 19.0 Å². The van der Waals surface area contributed by atoms with Crippen molar-refractivity contribution in [1.29, 1.82) is 0 Å². The summed E-state index contributed by atoms with van der Waals surface area (Å²) in [4.78, 5) is 14.2. The highest BCUT2D eigenvalue weighted by Gasteiger charge is 2.50. The van der Waals surface area contributed by atoms with Gasteiger partial charge in [-0.25, -0.2) is 9.18 Å². The minimum Gasteiger partial charge on any atom is -0.388 e. The van der Waals surface area contributed by atoms with Crippen LogP contribution in [0.15, 0.2) is 24.3 Å². The number of benzene rings is 1. The van der Waals surface area contributed by atoms with Crippen LogP contribution in [-0.4, -0.2) is 40.3 Å². The summed E-state index contributed by atoms with van der Waals surface area (Å²) < 4.78 is 13.5. The lowest BCUT2D eigenvalue weighted by Crippen LogP contribution is -2.57. The summed E-state index contributed by atoms with van der Waals surface area (Å²) in [6.45, 7) is 1.11. The van der Waals surface area contributed by atoms with E-state index < -0.39 is 5.60 Å². The Labute approximate surface area is 142 Å². The van der Waals surface area contributed by atoms with Gasteiger partial charge in [-0.3, -0.25) is 0 Å². The van der Waals surface area contributed by atoms with Crippen LogP contribution >= 0.6 is 0 Å². The van der Waals surface area contributed by atoms with Crippen molar-refractivity contribution in [3.63, 3.8) is 0 Å². The molecule has 0 unspecified atom stereocenters. The number of aliphatic hydroxyl groups is 1. The molecule has 2 saturated carbocycles. The van der Waals surface area contributed by atoms with Crippen LogP contribution in [0.2, 0.25) is 0 Å². The van der Waals surface area contributed by atoms with Gasteiger partial charge in [0.05, 0.1) is 17.7 Å². The van der Waals surface area contributed by atoms with Crippen molar-refractivity contribution in [1.82, 2.24) is 10.2 Å². The number of β-amino-alcohol motifs (C(OH)–C–C–N with tert-alkyl or cyclic N) is 1. The van der Waals surface area contributed by atoms with E-state index in [0.717, 1.165) is 50.5 Å². The molecule has 0 radical (unpaired) electrons. The Morgan fingerprint density at radius 1 is 1.25 bits per heavy atom. The molecule has 24 heavy (non-hydrogen) atoms. The number of urea groups is 1. The molecule has 1 aromatic carbocycles. The van der Waals surface area contributed by atoms with Crippen LogP contribution in [-0.2, 0) is 0 Å². The van der Waals surface area contributed by atoms with Crippen molar-refractivity contribution in [3.05, 3.63) is 35.6 Å². The molecule has 1 heterocycles. The largest absolute Gasteiger partial charge is 0.388 e. The second kappa shape index (κ2) is 5.73. The first-order valence-electron chi connectivity index (χ1n) is 9.03. The Hall–Kier alpha value is -1.62. The average molecular weight is 332 g/mol. The van der Waals surface area contributed by atoms with Crippen molar-refractivity contribution in [2.24, 2.45) is 0 Å². The Bertz CT molecular complexity index is 636. The van der Waals surface area contributed by atoms with Crippen molar-refractivity contribution in [2.75, 3.05) is 13.1 Å². The fourth-order valence-electron chi connectivity index (χ4n) is 4.62. The van der Waals surface area contributed by atoms with Gasteiger partial charge in [-0.1, -0.05) is 12.1 Å². The standard InChI is InChI=1S/C19H25FN2O2/c20-16-4-1-3-15(11-16)14-5-9-18(10-6-14)12-21-17(23)22(18)13-19(24)7-2-8-19/h1,3-4,11,14,24H,2,5-10,12-13H2,(H,21,23). The molecule has 1 aromatic rings. The number of hydrogen-bond acceptors (Lipinski definition) is 2. The van der Waals surface area contributed by atoms with E-state index in [2.05, 4.69) is 5.32 Å². The molecule has 2 aliphatic carbocycles. The maximum atomic E-state index is 13.5. The molecule has 2 amide bonds. The number of nitrogens with one attached hydrogen (secondary N) is 1. The minimum atomic E-state index is -0.686. The topological polar surface area (TPSA) is 52.6 Å². The molecule has 130 valence electrons. The van der Waals surface area contributed by atoms with Crippen molar-refractivity contribution >= 4 is 6.03 Å². The van der Waals surface area contributed by atoms with Gasteiger partial charge in [-0.2, -0.15) is 0 Å². The Kier molecular flexibility index (Phi) is 3.79. The summed E-state index contributed by atoms with van der Waals surface area (Å²) in [5.41, 5.74) is 0.201. The highest BCUT2D eigenvalue weighted by molar-refractivity contribution is 5.78. The van der Waals surface area contributed by atoms with E-state index in [1.54, 1.807) is 12.1 Å². The van der Waals surface area contributed by atoms with Gasteiger partial charge in [0.15, 0.2) is 0 Å². The Morgan fingerprint density at radius 3 is 2.62 bits per heavy atom. The van der Waals surface area contributed by atoms with E-state index in [4.69, 9.17) is 0 Å². The van der Waals surface area contributed by atoms with Crippen molar-refractivity contribution in [3.8, 4) is 0 Å². The number of halogens is 1. The first-order valence-corrected chi connectivity index (χ1v) is 9.03. The molecule has 2 N–H and O–H groups in total. The quantitative estimate of drug-likeness (QED) is 0.893. The van der Waals surface area contributed by atoms with Crippen LogP contribution in [0.25, 0.3) is 0 Å². The highest BCUT2D eigenvalue weighted by Crippen LogP contribution is 2.44. The number of rotatable bonds is 3. The minimum absolute atomic E-state index is 0.0421. The van der Waals surface area contributed by atoms with Gasteiger partial charge in [0.25, 0.3) is 0 Å². The molecule has 0 bridgehead atoms. The molecular formula is C19H25FN2O2. The second-order valence-electron chi connectivity index (χ2n) is 7.88. The van der Waals surface area contributed by atoms with Gasteiger partial charge >= 0.3 is 6.03 Å². The number of nitrogens with zero attached hydrogens (tertiary/aromatic N) is 1. The molecular weight excluding hydrogens is 307 g/mol. The summed E-state index contributed by atoms with van der Waals surface area (Å²) in [7, 11) is 0. The van der Waals surface area contributed by atoms with E-state index >= 15 is 0 Å². The number of amides is 2. The van der Waals surface area contributed by atoms with E-state index in [-0.39, 0.29) is 17.4 Å². The van der Waals surface area contributed by atoms with Crippen LogP contribution < -0.4 is 5.32 Å². The predicted molar refractivity (Wildman–Crippen MR) is 89.2 cm³/mol. The summed E-state index contributed by atoms with van der Waals surface area (Å²) in [6, 6.07) is 6.84. The SMILES string of the molecule is O=C1NCC2(CCC(c3cccc(F)c3)CC2)N1CC1(O)CCC1. The fraction of sp³-hybridized carbons (Fsp3) is 0.632. The molecule has 3 fully saturated rings. The van der Waals surface area contributed by atoms with Crippen molar-refractivity contribution in [2.45, 2.75) is 62.0 Å². The molecule has 3 aliphatic rings. The van der Waals surface area contributed by atoms with E-state index in [1.165, 1.54) is 6.07 Å². The zero-order valence-corrected chi connectivity index (χ0v) is 13.9. The zero-order valence-electron chi connectivity index (χ0n) is 13.9. The predicted octanol–water partition coefficient (Wildman–Crippen LogP) is 3.16. The molecule has 0 atom stereocenters. The molecule has 4 rings (SSSR count). The lowest BCUT2D eigenvalue weighted by atomic mass is 9.72. The lowest BCUT2D eigenvalue weighted by Gasteiger charge is -2.47. The van der Waals surface area contributed by atoms with Gasteiger partial charge in [0, 0.05) is 6.54 Å². The molecule has 1 spiro atoms. The van der Waals surface area contributed by atoms with Gasteiger partial charge in [0.1, 0.15) is 5.82 Å². The van der Waals surface area contributed by atoms with Crippen LogP contribution in [0, 0.1) is 5.82 Å². The molecule has 1 aliphatic heterocycles. The van der Waals surface area contributed by atoms with Gasteiger partial charge in [0.2, 0.25) is 0 Å². The maximum Gasteiger partial charge on any atom is 0.318 e. The maximum absolute atomic E-state index is 13.5. The summed E-state index contributed by atoms with van der Waals surface area (Å²) in [5, 5.41) is 13.5. The first kappa shape index (κ1) is 15.9. The Balaban J connectivity index is 1.47. The second-order valence-corrected chi connectivity index (χ2v) is 7.88. The van der Waals surface area contributed by atoms with Crippen LogP contribution in [0.4, 0.5) is 9.18 Å². The molecule has 1 saturated heterocycles. The smallest absolute Gasteiger partial charge is 0.318 e. The normalized spacial score (nSPS) is 31.8. The van der Waals surface area contributed by atoms with E-state index in [9.17, 15) is 14.3 Å². The zero-order chi connectivity index (χ0) is 16.8. The third-order valence-corrected chi connectivity index (χ3v) is 6.36. The summed E-state index contributed by atoms with van der Waals surface area (Å²) >= 11 is 0. The lowest BCUT2D eigenvalue weighted by molar-refractivity contribution is -0.0667. The number of hydrogen-bond donors (Lipinski definition) is 2. The van der Waals surface area contributed by atoms with Gasteiger partial charge in [-0.15, -0.1) is 0 Å². The third kappa shape index (κ3) is 2.69. The highest BCUT2D eigenvalue weighted by atomic mass is 19.1. The molecule has 4 nitrogen and oxygen atoms in total. The van der Waals surface area contributed by atoms with Crippen molar-refractivity contribution < 1.29 is 14.3 Å². The number of carbonyl (C=O) groups excluding carboxylic acids is 1. The van der Waals surface area contributed by atoms with E-state index in [1.807, 2.05) is 11.0 Å². The molecule has 0 aromatic heterocycles. The van der Waals surface area contributed by atoms with Gasteiger partial charge < -0.3 is 15.3 Å². The third-order valence-electron chi connectivity index (χ3n) is 6.36. The van der Waals surface area contributed by atoms with Crippen LogP contribution in [0.3, 0.4) is 0 Å². The van der Waals surface area contributed by atoms with Crippen LogP contribution in [0.5, 0.6) is 0 Å². The molecule has 5 heteroatoms. The summed E-state index contributed by atoms with van der Waals surface area (Å²) in [5.74, 6) is 0.176. The fourth-order valence-corrected chi connectivity index (χ4v) is 4.62.